The van der Waals surface area contributed by atoms with E-state index in [9.17, 15) is 0 Å². The molecule has 0 bridgehead atoms. The third-order valence-electron chi connectivity index (χ3n) is 0.167. The fourth-order valence-electron chi connectivity index (χ4n) is 0. The van der Waals surface area contributed by atoms with Gasteiger partial charge in [0.15, 0.2) is 0 Å². The average Bonchev–Trinajstić information content (AvgIpc) is 1.37. The summed E-state index contributed by atoms with van der Waals surface area (Å²) in [6, 6.07) is 0. The average molecular weight is 141 g/mol. The Kier molecular flexibility index (Phi) is 16.0. The van der Waals surface area contributed by atoms with E-state index < -0.39 is 0 Å². The molecule has 0 aromatic heterocycles. The van der Waals surface area contributed by atoms with E-state index in [0.717, 1.165) is 0 Å². The van der Waals surface area contributed by atoms with Crippen molar-refractivity contribution in [2.75, 3.05) is 13.1 Å². The minimum absolute atomic E-state index is 0. The summed E-state index contributed by atoms with van der Waals surface area (Å²) in [5.74, 6) is 0. The first-order valence-corrected chi connectivity index (χ1v) is 1.32. The van der Waals surface area contributed by atoms with Crippen molar-refractivity contribution in [2.45, 2.75) is 0 Å². The van der Waals surface area contributed by atoms with Crippen LogP contribution in [0, 0.1) is 0 Å². The Labute approximate surface area is 42.4 Å². The van der Waals surface area contributed by atoms with E-state index in [-0.39, 0.29) is 17.1 Å². The van der Waals surface area contributed by atoms with E-state index in [2.05, 4.69) is 0 Å². The molecule has 0 aliphatic heterocycles. The minimum atomic E-state index is 0. The summed E-state index contributed by atoms with van der Waals surface area (Å²) < 4.78 is 0. The Hall–Kier alpha value is 0.439. The van der Waals surface area contributed by atoms with Gasteiger partial charge in [-0.25, -0.2) is 0 Å². The molecule has 5 heavy (non-hydrogen) atoms. The molecule has 34 valence electrons. The molecule has 0 atom stereocenters. The molecule has 0 aliphatic carbocycles. The van der Waals surface area contributed by atoms with Crippen LogP contribution in [-0.2, 0) is 0 Å². The van der Waals surface area contributed by atoms with Gasteiger partial charge in [0.2, 0.25) is 0 Å². The zero-order chi connectivity index (χ0) is 3.41. The first-order chi connectivity index (χ1) is 1.91. The molecule has 0 aliphatic rings. The maximum atomic E-state index is 4.90. The topological polar surface area (TPSA) is 52.0 Å². The summed E-state index contributed by atoms with van der Waals surface area (Å²) in [5, 5.41) is 0. The Morgan fingerprint density at radius 3 is 1.20 bits per heavy atom. The quantitative estimate of drug-likeness (QED) is 0.414. The number of hydrogen-bond acceptors (Lipinski definition) is 2. The fraction of sp³-hybridized carbons (Fsp3) is 1.00. The molecular formula is C2H10N2Se. The third-order valence-corrected chi connectivity index (χ3v) is 0.167. The van der Waals surface area contributed by atoms with Crippen molar-refractivity contribution in [1.29, 1.82) is 0 Å². The van der Waals surface area contributed by atoms with E-state index in [1.165, 1.54) is 0 Å². The van der Waals surface area contributed by atoms with Crippen LogP contribution in [0.15, 0.2) is 0 Å². The first-order valence-electron chi connectivity index (χ1n) is 1.32. The molecule has 0 radical (unpaired) electrons. The molecule has 0 fully saturated rings. The Bertz CT molecular complexity index is 9.61. The summed E-state index contributed by atoms with van der Waals surface area (Å²) in [5.41, 5.74) is 9.81. The normalized spacial score (nSPS) is 6.00. The summed E-state index contributed by atoms with van der Waals surface area (Å²) in [6.45, 7) is 1.19. The molecular weight excluding hydrogens is 131 g/mol. The van der Waals surface area contributed by atoms with Crippen LogP contribution in [0.25, 0.3) is 0 Å². The van der Waals surface area contributed by atoms with Crippen LogP contribution in [0.3, 0.4) is 0 Å². The third kappa shape index (κ3) is 12.8. The van der Waals surface area contributed by atoms with Gasteiger partial charge in [0.25, 0.3) is 0 Å². The van der Waals surface area contributed by atoms with Crippen LogP contribution >= 0.6 is 0 Å². The molecule has 0 saturated heterocycles. The molecule has 0 amide bonds. The van der Waals surface area contributed by atoms with Crippen LogP contribution in [0.1, 0.15) is 0 Å². The second-order valence-electron chi connectivity index (χ2n) is 0.577. The van der Waals surface area contributed by atoms with Gasteiger partial charge in [0.1, 0.15) is 0 Å². The van der Waals surface area contributed by atoms with Gasteiger partial charge in [-0.1, -0.05) is 0 Å². The van der Waals surface area contributed by atoms with E-state index in [0.29, 0.717) is 13.1 Å². The molecule has 0 aromatic carbocycles. The molecule has 0 spiro atoms. The summed E-state index contributed by atoms with van der Waals surface area (Å²) in [7, 11) is 0. The molecule has 0 rings (SSSR count). The molecule has 2 nitrogen and oxygen atoms in total. The van der Waals surface area contributed by atoms with Gasteiger partial charge in [-0.2, -0.15) is 0 Å². The Morgan fingerprint density at radius 2 is 1.20 bits per heavy atom. The van der Waals surface area contributed by atoms with Gasteiger partial charge < -0.3 is 11.5 Å². The number of rotatable bonds is 1. The zero-order valence-electron chi connectivity index (χ0n) is 3.07. The van der Waals surface area contributed by atoms with E-state index >= 15 is 0 Å². The van der Waals surface area contributed by atoms with Crippen LogP contribution in [0.2, 0.25) is 0 Å². The standard InChI is InChI=1S/C2H8N2.H2Se/c3-1-2-4;/h1-4H2;1H2. The summed E-state index contributed by atoms with van der Waals surface area (Å²) >= 11 is 0. The second kappa shape index (κ2) is 8.83. The first kappa shape index (κ1) is 9.06. The van der Waals surface area contributed by atoms with Gasteiger partial charge in [-0.05, 0) is 0 Å². The van der Waals surface area contributed by atoms with Crippen LogP contribution in [-0.4, -0.2) is 30.2 Å². The van der Waals surface area contributed by atoms with Gasteiger partial charge in [-0.15, -0.1) is 0 Å². The van der Waals surface area contributed by atoms with Crippen LogP contribution in [0.4, 0.5) is 0 Å². The van der Waals surface area contributed by atoms with Crippen molar-refractivity contribution in [2.24, 2.45) is 11.5 Å². The van der Waals surface area contributed by atoms with E-state index in [4.69, 9.17) is 11.5 Å². The van der Waals surface area contributed by atoms with Gasteiger partial charge >= 0.3 is 17.1 Å². The monoisotopic (exact) mass is 142 g/mol. The van der Waals surface area contributed by atoms with Crippen LogP contribution in [0.5, 0.6) is 0 Å². The molecule has 0 aromatic rings. The van der Waals surface area contributed by atoms with Crippen molar-refractivity contribution in [1.82, 2.24) is 0 Å². The van der Waals surface area contributed by atoms with Crippen molar-refractivity contribution in [3.05, 3.63) is 0 Å². The maximum absolute atomic E-state index is 4.90. The van der Waals surface area contributed by atoms with Crippen molar-refractivity contribution in [3.8, 4) is 0 Å². The summed E-state index contributed by atoms with van der Waals surface area (Å²) in [6.07, 6.45) is 0. The van der Waals surface area contributed by atoms with E-state index in [1.807, 2.05) is 0 Å². The fourth-order valence-corrected chi connectivity index (χ4v) is 0. The number of nitrogens with two attached hydrogens (primary N) is 2. The van der Waals surface area contributed by atoms with Gasteiger partial charge in [-0.3, -0.25) is 0 Å². The zero-order valence-corrected chi connectivity index (χ0v) is 5.17. The molecule has 0 unspecified atom stereocenters. The molecule has 4 N–H and O–H groups in total. The molecule has 0 heterocycles. The molecule has 3 heteroatoms. The Morgan fingerprint density at radius 1 is 1.00 bits per heavy atom. The molecule has 0 saturated carbocycles. The van der Waals surface area contributed by atoms with Gasteiger partial charge in [0.05, 0.1) is 0 Å². The van der Waals surface area contributed by atoms with Crippen molar-refractivity contribution < 1.29 is 0 Å². The van der Waals surface area contributed by atoms with E-state index in [1.54, 1.807) is 0 Å². The second-order valence-corrected chi connectivity index (χ2v) is 0.577. The predicted molar refractivity (Wildman–Crippen MR) is 26.7 cm³/mol. The van der Waals surface area contributed by atoms with Gasteiger partial charge in [0, 0.05) is 13.1 Å². The van der Waals surface area contributed by atoms with Crippen molar-refractivity contribution >= 4 is 17.1 Å². The Balaban J connectivity index is 0. The SMILES string of the molecule is NCCN.[SeH2]. The number of hydrogen-bond donors (Lipinski definition) is 2. The predicted octanol–water partition coefficient (Wildman–Crippen LogP) is -2.01. The summed E-state index contributed by atoms with van der Waals surface area (Å²) in [4.78, 5) is 0. The van der Waals surface area contributed by atoms with Crippen molar-refractivity contribution in [3.63, 3.8) is 0 Å². The van der Waals surface area contributed by atoms with Crippen LogP contribution < -0.4 is 11.5 Å².